The molecule has 0 aromatic carbocycles. The smallest absolute Gasteiger partial charge is 0.418 e. The zero-order valence-corrected chi connectivity index (χ0v) is 15.9. The van der Waals surface area contributed by atoms with Gasteiger partial charge in [0.1, 0.15) is 6.10 Å². The highest BCUT2D eigenvalue weighted by Gasteiger charge is 2.36. The number of carbonyl (C=O) groups is 2. The number of nitrogens with zero attached hydrogens (tertiary/aromatic N) is 2. The number of ether oxygens (including phenoxy) is 1. The lowest BCUT2D eigenvalue weighted by atomic mass is 10.0. The van der Waals surface area contributed by atoms with Crippen LogP contribution in [-0.4, -0.2) is 52.7 Å². The third-order valence-corrected chi connectivity index (χ3v) is 5.64. The minimum Gasteiger partial charge on any atom is -0.474 e. The Balaban J connectivity index is 1.95. The Morgan fingerprint density at radius 2 is 2.14 bits per heavy atom. The van der Waals surface area contributed by atoms with Crippen LogP contribution in [0.25, 0.3) is 10.2 Å². The maximum absolute atomic E-state index is 13.5. The number of carboxylic acid groups (broad SMARTS) is 1. The number of alkyl halides is 3. The summed E-state index contributed by atoms with van der Waals surface area (Å²) >= 11 is 0.799. The Kier molecular flexibility index (Phi) is 5.37. The average Bonchev–Trinajstić information content (AvgIpc) is 3.03. The van der Waals surface area contributed by atoms with Crippen LogP contribution in [0.2, 0.25) is 0 Å². The number of hydrogen-bond donors (Lipinski definition) is 2. The van der Waals surface area contributed by atoms with Crippen molar-refractivity contribution in [3.05, 3.63) is 22.6 Å². The van der Waals surface area contributed by atoms with Gasteiger partial charge in [-0.1, -0.05) is 0 Å². The summed E-state index contributed by atoms with van der Waals surface area (Å²) in [5.41, 5.74) is -0.929. The van der Waals surface area contributed by atoms with Crippen LogP contribution in [0, 0.1) is 0 Å². The van der Waals surface area contributed by atoms with Gasteiger partial charge in [0.25, 0.3) is 5.91 Å². The molecule has 11 heteroatoms. The van der Waals surface area contributed by atoms with E-state index >= 15 is 0 Å². The number of piperidine rings is 1. The van der Waals surface area contributed by atoms with Crippen molar-refractivity contribution in [1.82, 2.24) is 15.2 Å². The van der Waals surface area contributed by atoms with Crippen molar-refractivity contribution < 1.29 is 32.6 Å². The Morgan fingerprint density at radius 1 is 1.43 bits per heavy atom. The number of likely N-dealkylation sites (tertiary alicyclic amines) is 1. The van der Waals surface area contributed by atoms with Gasteiger partial charge in [-0.05, 0) is 6.92 Å². The number of rotatable bonds is 3. The van der Waals surface area contributed by atoms with Crippen LogP contribution in [0.5, 0.6) is 5.88 Å². The van der Waals surface area contributed by atoms with E-state index in [1.54, 1.807) is 6.92 Å². The van der Waals surface area contributed by atoms with E-state index in [1.165, 1.54) is 17.3 Å². The number of fused-ring (bicyclic) bond motifs is 1. The second-order valence-corrected chi connectivity index (χ2v) is 7.38. The molecule has 2 aromatic rings. The summed E-state index contributed by atoms with van der Waals surface area (Å²) in [7, 11) is 1.38. The van der Waals surface area contributed by atoms with Crippen molar-refractivity contribution in [2.24, 2.45) is 0 Å². The summed E-state index contributed by atoms with van der Waals surface area (Å²) < 4.78 is 46.1. The Bertz CT molecular complexity index is 915. The van der Waals surface area contributed by atoms with E-state index in [4.69, 9.17) is 9.84 Å². The van der Waals surface area contributed by atoms with E-state index in [9.17, 15) is 22.8 Å². The van der Waals surface area contributed by atoms with Crippen LogP contribution in [-0.2, 0) is 6.18 Å². The SMILES string of the molecule is CNC(=O)c1csc2c(C(F)(F)F)cc(O[C@H]3CCN(C(=O)O)[C@H](C)C3)nc12. The van der Waals surface area contributed by atoms with Gasteiger partial charge in [0.2, 0.25) is 5.88 Å². The lowest BCUT2D eigenvalue weighted by Gasteiger charge is -2.35. The Labute approximate surface area is 162 Å². The molecule has 28 heavy (non-hydrogen) atoms. The molecule has 0 radical (unpaired) electrons. The van der Waals surface area contributed by atoms with Crippen LogP contribution in [0.1, 0.15) is 35.7 Å². The lowest BCUT2D eigenvalue weighted by molar-refractivity contribution is -0.136. The molecule has 2 atom stereocenters. The van der Waals surface area contributed by atoms with E-state index in [0.29, 0.717) is 12.8 Å². The van der Waals surface area contributed by atoms with Gasteiger partial charge < -0.3 is 20.1 Å². The first kappa shape index (κ1) is 20.2. The third kappa shape index (κ3) is 3.84. The van der Waals surface area contributed by atoms with Gasteiger partial charge in [-0.3, -0.25) is 4.79 Å². The first-order valence-corrected chi connectivity index (χ1v) is 9.37. The molecule has 1 aliphatic rings. The van der Waals surface area contributed by atoms with Crippen molar-refractivity contribution >= 4 is 33.6 Å². The topological polar surface area (TPSA) is 91.8 Å². The Morgan fingerprint density at radius 3 is 2.71 bits per heavy atom. The summed E-state index contributed by atoms with van der Waals surface area (Å²) in [6.45, 7) is 1.93. The molecule has 152 valence electrons. The number of thiophene rings is 1. The fourth-order valence-electron chi connectivity index (χ4n) is 3.24. The summed E-state index contributed by atoms with van der Waals surface area (Å²) in [6.07, 6.45) is -5.48. The van der Waals surface area contributed by atoms with Crippen LogP contribution >= 0.6 is 11.3 Å². The van der Waals surface area contributed by atoms with Crippen molar-refractivity contribution in [2.45, 2.75) is 38.1 Å². The molecule has 1 fully saturated rings. The number of nitrogens with one attached hydrogen (secondary N) is 1. The molecular weight excluding hydrogens is 399 g/mol. The van der Waals surface area contributed by atoms with Gasteiger partial charge >= 0.3 is 12.3 Å². The fraction of sp³-hybridized carbons (Fsp3) is 0.471. The van der Waals surface area contributed by atoms with E-state index < -0.39 is 29.8 Å². The van der Waals surface area contributed by atoms with Gasteiger partial charge in [0.15, 0.2) is 0 Å². The van der Waals surface area contributed by atoms with E-state index in [0.717, 1.165) is 17.4 Å². The van der Waals surface area contributed by atoms with E-state index in [-0.39, 0.29) is 34.2 Å². The largest absolute Gasteiger partial charge is 0.474 e. The monoisotopic (exact) mass is 417 g/mol. The summed E-state index contributed by atoms with van der Waals surface area (Å²) in [4.78, 5) is 28.5. The molecule has 1 saturated heterocycles. The van der Waals surface area contributed by atoms with E-state index in [1.807, 2.05) is 0 Å². The molecule has 7 nitrogen and oxygen atoms in total. The minimum atomic E-state index is -4.63. The second-order valence-electron chi connectivity index (χ2n) is 6.50. The number of aromatic nitrogens is 1. The van der Waals surface area contributed by atoms with Gasteiger partial charge in [0.05, 0.1) is 21.3 Å². The maximum atomic E-state index is 13.5. The van der Waals surface area contributed by atoms with Crippen molar-refractivity contribution in [3.8, 4) is 5.88 Å². The average molecular weight is 417 g/mol. The maximum Gasteiger partial charge on any atom is 0.418 e. The van der Waals surface area contributed by atoms with Crippen LogP contribution < -0.4 is 10.1 Å². The first-order valence-electron chi connectivity index (χ1n) is 8.49. The lowest BCUT2D eigenvalue weighted by Crippen LogP contribution is -2.46. The molecule has 3 rings (SSSR count). The third-order valence-electron chi connectivity index (χ3n) is 4.64. The number of amides is 2. The first-order chi connectivity index (χ1) is 13.1. The molecule has 2 amide bonds. The van der Waals surface area contributed by atoms with Gasteiger partial charge in [-0.15, -0.1) is 11.3 Å². The predicted octanol–water partition coefficient (Wildman–Crippen LogP) is 3.58. The second kappa shape index (κ2) is 7.46. The number of carbonyl (C=O) groups excluding carboxylic acids is 1. The molecule has 0 aliphatic carbocycles. The molecule has 0 unspecified atom stereocenters. The highest BCUT2D eigenvalue weighted by molar-refractivity contribution is 7.17. The highest BCUT2D eigenvalue weighted by atomic mass is 32.1. The van der Waals surface area contributed by atoms with Crippen molar-refractivity contribution in [1.29, 1.82) is 0 Å². The fourth-order valence-corrected chi connectivity index (χ4v) is 4.27. The summed E-state index contributed by atoms with van der Waals surface area (Å²) in [6, 6.07) is 0.505. The predicted molar refractivity (Wildman–Crippen MR) is 95.9 cm³/mol. The van der Waals surface area contributed by atoms with Crippen LogP contribution in [0.15, 0.2) is 11.4 Å². The molecule has 0 saturated carbocycles. The minimum absolute atomic E-state index is 0.0486. The van der Waals surface area contributed by atoms with Crippen molar-refractivity contribution in [3.63, 3.8) is 0 Å². The summed E-state index contributed by atoms with van der Waals surface area (Å²) in [5.74, 6) is -0.767. The molecule has 1 aliphatic heterocycles. The molecule has 2 N–H and O–H groups in total. The van der Waals surface area contributed by atoms with Crippen LogP contribution in [0.3, 0.4) is 0 Å². The highest BCUT2D eigenvalue weighted by Crippen LogP contribution is 2.40. The molecule has 3 heterocycles. The Hall–Kier alpha value is -2.56. The van der Waals surface area contributed by atoms with Gasteiger partial charge in [-0.2, -0.15) is 13.2 Å². The standard InChI is InChI=1S/C17H18F3N3O4S/c1-8-5-9(3-4-23(8)16(25)26)27-12-6-11(17(18,19)20)14-13(22-12)10(7-28-14)15(24)21-2/h6-9H,3-5H2,1-2H3,(H,21,24)(H,25,26)/t8-,9+/m1/s1. The van der Waals surface area contributed by atoms with Crippen LogP contribution in [0.4, 0.5) is 18.0 Å². The quantitative estimate of drug-likeness (QED) is 0.797. The van der Waals surface area contributed by atoms with Gasteiger partial charge in [0, 0.05) is 43.9 Å². The number of pyridine rings is 1. The number of hydrogen-bond acceptors (Lipinski definition) is 5. The molecular formula is C17H18F3N3O4S. The normalized spacial score (nSPS) is 20.2. The number of halogens is 3. The van der Waals surface area contributed by atoms with Crippen molar-refractivity contribution in [2.75, 3.05) is 13.6 Å². The van der Waals surface area contributed by atoms with E-state index in [2.05, 4.69) is 10.3 Å². The van der Waals surface area contributed by atoms with Gasteiger partial charge in [-0.25, -0.2) is 9.78 Å². The molecule has 0 spiro atoms. The summed E-state index contributed by atoms with van der Waals surface area (Å²) in [5, 5.41) is 12.8. The molecule has 2 aromatic heterocycles. The zero-order chi connectivity index (χ0) is 20.6. The molecule has 0 bridgehead atoms. The zero-order valence-electron chi connectivity index (χ0n) is 15.0.